The molecule has 0 bridgehead atoms. The van der Waals surface area contributed by atoms with Gasteiger partial charge >= 0.3 is 0 Å². The zero-order valence-corrected chi connectivity index (χ0v) is 12.7. The van der Waals surface area contributed by atoms with Crippen LogP contribution in [0.4, 0.5) is 0 Å². The molecule has 2 atom stereocenters. The fraction of sp³-hybridized carbons (Fsp3) is 0.571. The maximum atomic E-state index is 12.0. The fourth-order valence-electron chi connectivity index (χ4n) is 2.26. The minimum absolute atomic E-state index is 0.0272. The van der Waals surface area contributed by atoms with E-state index in [-0.39, 0.29) is 35.9 Å². The molecule has 0 radical (unpaired) electrons. The predicted molar refractivity (Wildman–Crippen MR) is 77.6 cm³/mol. The highest BCUT2D eigenvalue weighted by molar-refractivity contribution is 7.12. The quantitative estimate of drug-likeness (QED) is 0.874. The molecule has 5 nitrogen and oxygen atoms in total. The molecule has 110 valence electrons. The van der Waals surface area contributed by atoms with Crippen molar-refractivity contribution in [2.24, 2.45) is 5.41 Å². The molecule has 0 aliphatic heterocycles. The number of carbonyl (C=O) groups excluding carboxylic acids is 2. The van der Waals surface area contributed by atoms with Crippen molar-refractivity contribution in [2.75, 3.05) is 13.6 Å². The highest BCUT2D eigenvalue weighted by Gasteiger charge is 2.47. The van der Waals surface area contributed by atoms with Crippen LogP contribution < -0.4 is 5.32 Å². The molecule has 1 heterocycles. The number of likely N-dealkylation sites (N-methyl/N-ethyl adjacent to an activating group) is 1. The third kappa shape index (κ3) is 2.86. The summed E-state index contributed by atoms with van der Waals surface area (Å²) in [5.41, 5.74) is -0.300. The Bertz CT molecular complexity index is 499. The first-order chi connectivity index (χ1) is 9.32. The molecule has 6 heteroatoms. The molecule has 1 aliphatic rings. The Hall–Kier alpha value is -1.40. The number of thiophene rings is 1. The van der Waals surface area contributed by atoms with Crippen LogP contribution in [0.15, 0.2) is 17.5 Å². The van der Waals surface area contributed by atoms with Crippen LogP contribution in [0.2, 0.25) is 0 Å². The van der Waals surface area contributed by atoms with Crippen molar-refractivity contribution in [3.63, 3.8) is 0 Å². The van der Waals surface area contributed by atoms with Crippen molar-refractivity contribution >= 4 is 23.2 Å². The number of nitrogens with one attached hydrogen (secondary N) is 1. The summed E-state index contributed by atoms with van der Waals surface area (Å²) in [5.74, 6) is -0.342. The summed E-state index contributed by atoms with van der Waals surface area (Å²) in [6, 6.07) is 3.52. The second-order valence-electron chi connectivity index (χ2n) is 5.83. The smallest absolute Gasteiger partial charge is 0.264 e. The van der Waals surface area contributed by atoms with Crippen molar-refractivity contribution in [1.29, 1.82) is 0 Å². The monoisotopic (exact) mass is 296 g/mol. The standard InChI is InChI=1S/C14H20N2O3S/c1-14(2)10(7-11(14)17)15-12(18)8-16(3)13(19)9-5-4-6-20-9/h4-6,10-11,17H,7-8H2,1-3H3,(H,15,18). The third-order valence-corrected chi connectivity index (χ3v) is 4.87. The molecular formula is C14H20N2O3S. The molecular weight excluding hydrogens is 276 g/mol. The number of hydrogen-bond acceptors (Lipinski definition) is 4. The lowest BCUT2D eigenvalue weighted by Crippen LogP contribution is -2.62. The Morgan fingerprint density at radius 1 is 1.55 bits per heavy atom. The molecule has 0 spiro atoms. The van der Waals surface area contributed by atoms with Crippen LogP contribution in [0.5, 0.6) is 0 Å². The molecule has 1 saturated carbocycles. The van der Waals surface area contributed by atoms with Gasteiger partial charge in [0.15, 0.2) is 0 Å². The molecule has 2 amide bonds. The largest absolute Gasteiger partial charge is 0.392 e. The van der Waals surface area contributed by atoms with E-state index in [4.69, 9.17) is 0 Å². The Balaban J connectivity index is 1.85. The van der Waals surface area contributed by atoms with Gasteiger partial charge in [-0.25, -0.2) is 0 Å². The van der Waals surface area contributed by atoms with Crippen LogP contribution in [0.25, 0.3) is 0 Å². The van der Waals surface area contributed by atoms with Crippen LogP contribution in [0.1, 0.15) is 29.9 Å². The molecule has 2 rings (SSSR count). The van der Waals surface area contributed by atoms with Gasteiger partial charge in [0.1, 0.15) is 0 Å². The summed E-state index contributed by atoms with van der Waals surface area (Å²) in [6.45, 7) is 3.87. The number of aliphatic hydroxyl groups excluding tert-OH is 1. The SMILES string of the molecule is CN(CC(=O)NC1CC(O)C1(C)C)C(=O)c1cccs1. The second-order valence-corrected chi connectivity index (χ2v) is 6.78. The number of hydrogen-bond donors (Lipinski definition) is 2. The fourth-order valence-corrected chi connectivity index (χ4v) is 2.98. The van der Waals surface area contributed by atoms with Gasteiger partial charge in [-0.3, -0.25) is 9.59 Å². The van der Waals surface area contributed by atoms with Crippen LogP contribution >= 0.6 is 11.3 Å². The van der Waals surface area contributed by atoms with E-state index in [9.17, 15) is 14.7 Å². The third-order valence-electron chi connectivity index (χ3n) is 4.01. The highest BCUT2D eigenvalue weighted by atomic mass is 32.1. The lowest BCUT2D eigenvalue weighted by atomic mass is 9.64. The van der Waals surface area contributed by atoms with Crippen LogP contribution in [0, 0.1) is 5.41 Å². The first kappa shape index (κ1) is 15.0. The predicted octanol–water partition coefficient (Wildman–Crippen LogP) is 1.10. The second kappa shape index (κ2) is 5.54. The topological polar surface area (TPSA) is 69.6 Å². The van der Waals surface area contributed by atoms with Crippen LogP contribution in [0.3, 0.4) is 0 Å². The van der Waals surface area contributed by atoms with Gasteiger partial charge < -0.3 is 15.3 Å². The van der Waals surface area contributed by atoms with Gasteiger partial charge in [0.25, 0.3) is 5.91 Å². The number of carbonyl (C=O) groups is 2. The molecule has 1 aromatic rings. The molecule has 1 fully saturated rings. The number of aliphatic hydroxyl groups is 1. The van der Waals surface area contributed by atoms with Crippen molar-refractivity contribution in [1.82, 2.24) is 10.2 Å². The van der Waals surface area contributed by atoms with E-state index in [1.165, 1.54) is 16.2 Å². The maximum Gasteiger partial charge on any atom is 0.264 e. The molecule has 2 unspecified atom stereocenters. The van der Waals surface area contributed by atoms with Gasteiger partial charge in [0.2, 0.25) is 5.91 Å². The molecule has 0 saturated heterocycles. The molecule has 1 aliphatic carbocycles. The molecule has 0 aromatic carbocycles. The summed E-state index contributed by atoms with van der Waals surface area (Å²) in [7, 11) is 1.61. The summed E-state index contributed by atoms with van der Waals surface area (Å²) in [4.78, 5) is 26.0. The lowest BCUT2D eigenvalue weighted by molar-refractivity contribution is -0.129. The van der Waals surface area contributed by atoms with Gasteiger partial charge in [0, 0.05) is 18.5 Å². The van der Waals surface area contributed by atoms with Crippen molar-refractivity contribution in [3.05, 3.63) is 22.4 Å². The number of amides is 2. The van der Waals surface area contributed by atoms with E-state index >= 15 is 0 Å². The summed E-state index contributed by atoms with van der Waals surface area (Å²) < 4.78 is 0. The minimum Gasteiger partial charge on any atom is -0.392 e. The van der Waals surface area contributed by atoms with Gasteiger partial charge in [-0.05, 0) is 17.9 Å². The Morgan fingerprint density at radius 3 is 2.75 bits per heavy atom. The van der Waals surface area contributed by atoms with E-state index in [1.807, 2.05) is 25.3 Å². The van der Waals surface area contributed by atoms with Gasteiger partial charge in [0.05, 0.1) is 17.5 Å². The zero-order chi connectivity index (χ0) is 14.9. The molecule has 1 aromatic heterocycles. The van der Waals surface area contributed by atoms with Crippen molar-refractivity contribution < 1.29 is 14.7 Å². The van der Waals surface area contributed by atoms with Crippen LogP contribution in [-0.2, 0) is 4.79 Å². The minimum atomic E-state index is -0.377. The summed E-state index contributed by atoms with van der Waals surface area (Å²) >= 11 is 1.36. The van der Waals surface area contributed by atoms with E-state index in [1.54, 1.807) is 13.1 Å². The average Bonchev–Trinajstić information content (AvgIpc) is 2.91. The Labute approximate surface area is 122 Å². The number of nitrogens with zero attached hydrogens (tertiary/aromatic N) is 1. The van der Waals surface area contributed by atoms with Crippen molar-refractivity contribution in [3.8, 4) is 0 Å². The van der Waals surface area contributed by atoms with Gasteiger partial charge in [-0.1, -0.05) is 19.9 Å². The van der Waals surface area contributed by atoms with Gasteiger partial charge in [-0.15, -0.1) is 11.3 Å². The highest BCUT2D eigenvalue weighted by Crippen LogP contribution is 2.40. The van der Waals surface area contributed by atoms with Crippen molar-refractivity contribution in [2.45, 2.75) is 32.4 Å². The first-order valence-electron chi connectivity index (χ1n) is 6.58. The lowest BCUT2D eigenvalue weighted by Gasteiger charge is -2.49. The van der Waals surface area contributed by atoms with E-state index in [0.29, 0.717) is 11.3 Å². The van der Waals surface area contributed by atoms with E-state index in [2.05, 4.69) is 5.32 Å². The normalized spacial score (nSPS) is 23.8. The Kier molecular flexibility index (Phi) is 4.15. The summed E-state index contributed by atoms with van der Waals surface area (Å²) in [6.07, 6.45) is 0.194. The Morgan fingerprint density at radius 2 is 2.25 bits per heavy atom. The first-order valence-corrected chi connectivity index (χ1v) is 7.46. The summed E-state index contributed by atoms with van der Waals surface area (Å²) in [5, 5.41) is 14.4. The van der Waals surface area contributed by atoms with E-state index in [0.717, 1.165) is 0 Å². The van der Waals surface area contributed by atoms with E-state index < -0.39 is 0 Å². The molecule has 2 N–H and O–H groups in total. The molecule has 20 heavy (non-hydrogen) atoms. The average molecular weight is 296 g/mol. The van der Waals surface area contributed by atoms with Gasteiger partial charge in [-0.2, -0.15) is 0 Å². The zero-order valence-electron chi connectivity index (χ0n) is 11.9. The maximum absolute atomic E-state index is 12.0. The van der Waals surface area contributed by atoms with Crippen LogP contribution in [-0.4, -0.2) is 47.6 Å². The number of rotatable bonds is 4.